The Bertz CT molecular complexity index is 478. The van der Waals surface area contributed by atoms with E-state index >= 15 is 0 Å². The van der Waals surface area contributed by atoms with Crippen LogP contribution in [0.2, 0.25) is 0 Å². The van der Waals surface area contributed by atoms with E-state index in [2.05, 4.69) is 13.8 Å². The highest BCUT2D eigenvalue weighted by molar-refractivity contribution is 5.85. The van der Waals surface area contributed by atoms with Crippen LogP contribution in [0.5, 0.6) is 0 Å². The first kappa shape index (κ1) is 17.6. The second-order valence-corrected chi connectivity index (χ2v) is 9.42. The van der Waals surface area contributed by atoms with Gasteiger partial charge in [0.1, 0.15) is 0 Å². The molecule has 2 nitrogen and oxygen atoms in total. The fourth-order valence-electron chi connectivity index (χ4n) is 7.70. The van der Waals surface area contributed by atoms with Gasteiger partial charge in [0, 0.05) is 0 Å². The summed E-state index contributed by atoms with van der Waals surface area (Å²) in [5.41, 5.74) is 0.661. The van der Waals surface area contributed by atoms with Crippen molar-refractivity contribution < 1.29 is 9.90 Å². The van der Waals surface area contributed by atoms with Crippen molar-refractivity contribution in [1.29, 1.82) is 0 Å². The fraction of sp³-hybridized carbons (Fsp3) is 0.950. The van der Waals surface area contributed by atoms with E-state index in [9.17, 15) is 9.90 Å². The lowest BCUT2D eigenvalue weighted by atomic mass is 9.45. The first-order valence-corrected chi connectivity index (χ1v) is 9.69. The summed E-state index contributed by atoms with van der Waals surface area (Å²) in [6.07, 6.45) is 13.1. The lowest BCUT2D eigenvalue weighted by Crippen LogP contribution is -2.53. The van der Waals surface area contributed by atoms with Crippen molar-refractivity contribution >= 4 is 18.4 Å². The van der Waals surface area contributed by atoms with Crippen LogP contribution in [0.1, 0.15) is 78.1 Å². The largest absolute Gasteiger partial charge is 0.481 e. The summed E-state index contributed by atoms with van der Waals surface area (Å²) in [5, 5.41) is 9.65. The van der Waals surface area contributed by atoms with Gasteiger partial charge in [0.25, 0.3) is 0 Å². The van der Waals surface area contributed by atoms with Crippen molar-refractivity contribution in [3.05, 3.63) is 0 Å². The molecule has 132 valence electrons. The van der Waals surface area contributed by atoms with Crippen LogP contribution in [-0.4, -0.2) is 11.1 Å². The summed E-state index contributed by atoms with van der Waals surface area (Å²) in [6.45, 7) is 4.91. The van der Waals surface area contributed by atoms with Gasteiger partial charge in [-0.25, -0.2) is 0 Å². The predicted octanol–water partition coefficient (Wildman–Crippen LogP) is 5.54. The fourth-order valence-corrected chi connectivity index (χ4v) is 7.70. The summed E-state index contributed by atoms with van der Waals surface area (Å²) in [4.78, 5) is 11.7. The highest BCUT2D eigenvalue weighted by Gasteiger charge is 2.60. The number of carboxylic acid groups (broad SMARTS) is 1. The topological polar surface area (TPSA) is 37.3 Å². The molecule has 0 aromatic rings. The van der Waals surface area contributed by atoms with Crippen LogP contribution in [-0.2, 0) is 4.79 Å². The minimum absolute atomic E-state index is 0. The van der Waals surface area contributed by atoms with Gasteiger partial charge >= 0.3 is 5.97 Å². The van der Waals surface area contributed by atoms with E-state index in [-0.39, 0.29) is 23.7 Å². The molecule has 0 amide bonds. The van der Waals surface area contributed by atoms with Gasteiger partial charge in [-0.1, -0.05) is 26.7 Å². The number of rotatable bonds is 1. The molecule has 4 aliphatic carbocycles. The lowest BCUT2D eigenvalue weighted by Gasteiger charge is -2.60. The van der Waals surface area contributed by atoms with Crippen LogP contribution in [0.25, 0.3) is 0 Å². The van der Waals surface area contributed by atoms with E-state index < -0.39 is 5.97 Å². The molecule has 4 aliphatic rings. The summed E-state index contributed by atoms with van der Waals surface area (Å²) >= 11 is 0. The van der Waals surface area contributed by atoms with Crippen molar-refractivity contribution in [3.8, 4) is 0 Å². The predicted molar refractivity (Wildman–Crippen MR) is 94.7 cm³/mol. The molecule has 0 spiro atoms. The Morgan fingerprint density at radius 2 is 1.61 bits per heavy atom. The first-order chi connectivity index (χ1) is 10.5. The maximum Gasteiger partial charge on any atom is 0.307 e. The molecule has 4 fully saturated rings. The Labute approximate surface area is 147 Å². The Morgan fingerprint density at radius 1 is 0.870 bits per heavy atom. The minimum Gasteiger partial charge on any atom is -0.481 e. The van der Waals surface area contributed by atoms with Crippen molar-refractivity contribution in [1.82, 2.24) is 0 Å². The minimum atomic E-state index is -0.527. The Morgan fingerprint density at radius 3 is 2.35 bits per heavy atom. The summed E-state index contributed by atoms with van der Waals surface area (Å²) < 4.78 is 0. The molecule has 4 rings (SSSR count). The zero-order valence-corrected chi connectivity index (χ0v) is 15.5. The smallest absolute Gasteiger partial charge is 0.307 e. The highest BCUT2D eigenvalue weighted by atomic mass is 35.5. The molecule has 1 N–H and O–H groups in total. The quantitative estimate of drug-likeness (QED) is 0.680. The molecular formula is C20H33ClO2. The third kappa shape index (κ3) is 2.38. The van der Waals surface area contributed by atoms with E-state index in [4.69, 9.17) is 0 Å². The van der Waals surface area contributed by atoms with Gasteiger partial charge in [0.2, 0.25) is 0 Å². The van der Waals surface area contributed by atoms with Crippen LogP contribution >= 0.6 is 12.4 Å². The van der Waals surface area contributed by atoms with Crippen LogP contribution < -0.4 is 0 Å². The third-order valence-corrected chi connectivity index (χ3v) is 8.88. The number of hydrogen-bond donors (Lipinski definition) is 1. The number of aliphatic carboxylic acids is 1. The van der Waals surface area contributed by atoms with Gasteiger partial charge in [-0.15, -0.1) is 12.4 Å². The van der Waals surface area contributed by atoms with Crippen molar-refractivity contribution in [2.45, 2.75) is 78.1 Å². The summed E-state index contributed by atoms with van der Waals surface area (Å²) in [7, 11) is 0. The molecule has 0 saturated heterocycles. The van der Waals surface area contributed by atoms with Gasteiger partial charge in [-0.2, -0.15) is 0 Å². The van der Waals surface area contributed by atoms with E-state index in [0.717, 1.165) is 30.6 Å². The Hall–Kier alpha value is -0.240. The number of carboxylic acids is 1. The van der Waals surface area contributed by atoms with Gasteiger partial charge in [-0.05, 0) is 85.9 Å². The van der Waals surface area contributed by atoms with Crippen LogP contribution in [0, 0.1) is 40.4 Å². The van der Waals surface area contributed by atoms with Crippen molar-refractivity contribution in [2.75, 3.05) is 0 Å². The van der Waals surface area contributed by atoms with Gasteiger partial charge in [0.05, 0.1) is 5.92 Å². The van der Waals surface area contributed by atoms with E-state index in [1.807, 2.05) is 0 Å². The van der Waals surface area contributed by atoms with Gasteiger partial charge in [0.15, 0.2) is 0 Å². The van der Waals surface area contributed by atoms with Crippen LogP contribution in [0.15, 0.2) is 0 Å². The molecule has 0 radical (unpaired) electrons. The molecule has 0 aliphatic heterocycles. The maximum absolute atomic E-state index is 11.7. The molecule has 0 heterocycles. The van der Waals surface area contributed by atoms with E-state index in [1.54, 1.807) is 0 Å². The van der Waals surface area contributed by atoms with E-state index in [0.29, 0.717) is 11.3 Å². The number of fused-ring (bicyclic) bond motifs is 5. The number of halogens is 1. The average Bonchev–Trinajstić information content (AvgIpc) is 2.84. The molecule has 0 aromatic heterocycles. The third-order valence-electron chi connectivity index (χ3n) is 8.88. The second-order valence-electron chi connectivity index (χ2n) is 9.42. The molecule has 0 bridgehead atoms. The zero-order valence-electron chi connectivity index (χ0n) is 14.7. The maximum atomic E-state index is 11.7. The second kappa shape index (κ2) is 5.93. The molecule has 1 unspecified atom stereocenters. The molecule has 23 heavy (non-hydrogen) atoms. The SMILES string of the molecule is C[C@]12CC[C@H]3[C@@H](CCC4CCCC[C@@]43C)[C@@H]1CC[C@@H]2C(=O)O.Cl. The molecular weight excluding hydrogens is 308 g/mol. The normalized spacial score (nSPS) is 51.8. The summed E-state index contributed by atoms with van der Waals surface area (Å²) in [6, 6.07) is 0. The van der Waals surface area contributed by atoms with Crippen LogP contribution in [0.3, 0.4) is 0 Å². The lowest BCUT2D eigenvalue weighted by molar-refractivity contribution is -0.152. The standard InChI is InChI=1S/C20H32O2.ClH/c1-19-11-4-3-5-13(19)6-7-14-15-8-9-17(18(21)22)20(15,2)12-10-16(14)19;/h13-17H,3-12H2,1-2H3,(H,21,22);1H/t13?,14-,15-,16-,17+,19-,20-;/m0./s1. The Balaban J connectivity index is 0.00000156. The van der Waals surface area contributed by atoms with Crippen molar-refractivity contribution in [3.63, 3.8) is 0 Å². The van der Waals surface area contributed by atoms with Gasteiger partial charge < -0.3 is 5.11 Å². The summed E-state index contributed by atoms with van der Waals surface area (Å²) in [5.74, 6) is 2.76. The molecule has 0 aromatic carbocycles. The highest BCUT2D eigenvalue weighted by Crippen LogP contribution is 2.67. The van der Waals surface area contributed by atoms with Crippen molar-refractivity contribution in [2.24, 2.45) is 40.4 Å². The molecule has 3 heteroatoms. The molecule has 4 saturated carbocycles. The monoisotopic (exact) mass is 340 g/mol. The number of carbonyl (C=O) groups is 1. The van der Waals surface area contributed by atoms with E-state index in [1.165, 1.54) is 51.4 Å². The zero-order chi connectivity index (χ0) is 15.5. The first-order valence-electron chi connectivity index (χ1n) is 9.69. The Kier molecular flexibility index (Phi) is 4.53. The van der Waals surface area contributed by atoms with Crippen LogP contribution in [0.4, 0.5) is 0 Å². The molecule has 7 atom stereocenters. The average molecular weight is 341 g/mol. The number of hydrogen-bond acceptors (Lipinski definition) is 1. The van der Waals surface area contributed by atoms with Gasteiger partial charge in [-0.3, -0.25) is 4.79 Å².